The Bertz CT molecular complexity index is 272. The fourth-order valence-corrected chi connectivity index (χ4v) is 5.51. The van der Waals surface area contributed by atoms with E-state index in [1.807, 2.05) is 0 Å². The first-order valence-electron chi connectivity index (χ1n) is 8.62. The molecule has 0 heterocycles. The molecule has 0 spiro atoms. The quantitative estimate of drug-likeness (QED) is 0.773. The monoisotopic (exact) mass is 265 g/mol. The number of hydrogen-bond donors (Lipinski definition) is 2. The molecule has 0 amide bonds. The van der Waals surface area contributed by atoms with Gasteiger partial charge in [0.2, 0.25) is 0 Å². The van der Waals surface area contributed by atoms with Gasteiger partial charge in [-0.2, -0.15) is 0 Å². The van der Waals surface area contributed by atoms with Crippen molar-refractivity contribution < 1.29 is 5.11 Å². The van der Waals surface area contributed by atoms with Crippen molar-refractivity contribution in [1.29, 1.82) is 0 Å². The number of aliphatic hydroxyl groups excluding tert-OH is 1. The van der Waals surface area contributed by atoms with Crippen LogP contribution in [0, 0.1) is 29.6 Å². The largest absolute Gasteiger partial charge is 0.392 e. The Kier molecular flexibility index (Phi) is 4.19. The van der Waals surface area contributed by atoms with Gasteiger partial charge in [-0.05, 0) is 61.7 Å². The predicted molar refractivity (Wildman–Crippen MR) is 78.9 cm³/mol. The summed E-state index contributed by atoms with van der Waals surface area (Å²) in [4.78, 5) is 0. The second-order valence-corrected chi connectivity index (χ2v) is 7.51. The van der Waals surface area contributed by atoms with E-state index < -0.39 is 0 Å². The Labute approximate surface area is 118 Å². The first-order chi connectivity index (χ1) is 9.21. The first-order valence-corrected chi connectivity index (χ1v) is 8.62. The number of aliphatic hydroxyl groups is 1. The molecule has 0 aromatic rings. The Balaban J connectivity index is 1.53. The summed E-state index contributed by atoms with van der Waals surface area (Å²) >= 11 is 0. The predicted octanol–water partition coefficient (Wildman–Crippen LogP) is 3.20. The van der Waals surface area contributed by atoms with Gasteiger partial charge in [-0.15, -0.1) is 0 Å². The second kappa shape index (κ2) is 5.73. The van der Waals surface area contributed by atoms with Gasteiger partial charge in [-0.25, -0.2) is 0 Å². The van der Waals surface area contributed by atoms with Crippen molar-refractivity contribution in [2.45, 2.75) is 70.9 Å². The maximum atomic E-state index is 10.3. The molecule has 0 aromatic heterocycles. The Hall–Kier alpha value is -0.0800. The molecule has 0 aromatic carbocycles. The van der Waals surface area contributed by atoms with Crippen LogP contribution in [0.1, 0.15) is 58.8 Å². The molecule has 2 nitrogen and oxygen atoms in total. The van der Waals surface area contributed by atoms with Crippen LogP contribution in [0.5, 0.6) is 0 Å². The molecule has 2 N–H and O–H groups in total. The lowest BCUT2D eigenvalue weighted by Crippen LogP contribution is -2.55. The molecule has 4 rings (SSSR count). The summed E-state index contributed by atoms with van der Waals surface area (Å²) in [6.45, 7) is 5.21. The van der Waals surface area contributed by atoms with E-state index in [1.54, 1.807) is 0 Å². The van der Waals surface area contributed by atoms with Crippen LogP contribution in [0.2, 0.25) is 0 Å². The minimum atomic E-state index is -0.146. The van der Waals surface area contributed by atoms with E-state index in [2.05, 4.69) is 19.2 Å². The van der Waals surface area contributed by atoms with Crippen LogP contribution in [0.15, 0.2) is 0 Å². The van der Waals surface area contributed by atoms with Gasteiger partial charge in [-0.1, -0.05) is 26.7 Å². The standard InChI is InChI=1S/C17H31NO/c1-3-13(4-2)16(19)10-18-17-14-6-11-5-12(8-14)9-15(17)7-11/h11-19H,3-10H2,1-2H3. The molecule has 110 valence electrons. The van der Waals surface area contributed by atoms with E-state index in [1.165, 1.54) is 32.1 Å². The molecule has 2 heteroatoms. The normalized spacial score (nSPS) is 42.0. The van der Waals surface area contributed by atoms with Gasteiger partial charge in [0.15, 0.2) is 0 Å². The number of hydrogen-bond acceptors (Lipinski definition) is 2. The molecule has 0 radical (unpaired) electrons. The number of nitrogens with one attached hydrogen (secondary N) is 1. The molecule has 4 aliphatic rings. The molecule has 4 saturated carbocycles. The van der Waals surface area contributed by atoms with Gasteiger partial charge >= 0.3 is 0 Å². The van der Waals surface area contributed by atoms with Crippen molar-refractivity contribution in [3.63, 3.8) is 0 Å². The third-order valence-electron chi connectivity index (χ3n) is 6.38. The Morgan fingerprint density at radius 3 is 1.95 bits per heavy atom. The summed E-state index contributed by atoms with van der Waals surface area (Å²) < 4.78 is 0. The summed E-state index contributed by atoms with van der Waals surface area (Å²) in [7, 11) is 0. The molecular formula is C17H31NO. The molecule has 4 aliphatic carbocycles. The fraction of sp³-hybridized carbons (Fsp3) is 1.00. The molecule has 1 atom stereocenters. The average molecular weight is 265 g/mol. The topological polar surface area (TPSA) is 32.3 Å². The fourth-order valence-electron chi connectivity index (χ4n) is 5.51. The Morgan fingerprint density at radius 2 is 1.47 bits per heavy atom. The van der Waals surface area contributed by atoms with Crippen LogP contribution < -0.4 is 5.32 Å². The molecule has 0 saturated heterocycles. The van der Waals surface area contributed by atoms with Gasteiger partial charge in [0, 0.05) is 12.6 Å². The van der Waals surface area contributed by atoms with Crippen molar-refractivity contribution in [2.24, 2.45) is 29.6 Å². The highest BCUT2D eigenvalue weighted by atomic mass is 16.3. The van der Waals surface area contributed by atoms with Crippen LogP contribution in [0.25, 0.3) is 0 Å². The van der Waals surface area contributed by atoms with E-state index in [0.29, 0.717) is 5.92 Å². The van der Waals surface area contributed by atoms with E-state index in [0.717, 1.165) is 49.1 Å². The zero-order chi connectivity index (χ0) is 13.4. The van der Waals surface area contributed by atoms with Crippen molar-refractivity contribution in [1.82, 2.24) is 5.32 Å². The summed E-state index contributed by atoms with van der Waals surface area (Å²) in [6.07, 6.45) is 9.43. The van der Waals surface area contributed by atoms with Crippen LogP contribution in [-0.2, 0) is 0 Å². The summed E-state index contributed by atoms with van der Waals surface area (Å²) in [6, 6.07) is 0.719. The summed E-state index contributed by atoms with van der Waals surface area (Å²) in [5.74, 6) is 4.41. The van der Waals surface area contributed by atoms with E-state index in [9.17, 15) is 5.11 Å². The third kappa shape index (κ3) is 2.71. The van der Waals surface area contributed by atoms with Crippen LogP contribution in [0.4, 0.5) is 0 Å². The van der Waals surface area contributed by atoms with Gasteiger partial charge in [-0.3, -0.25) is 0 Å². The molecular weight excluding hydrogens is 234 g/mol. The molecule has 0 aliphatic heterocycles. The zero-order valence-corrected chi connectivity index (χ0v) is 12.6. The van der Waals surface area contributed by atoms with E-state index in [-0.39, 0.29) is 6.10 Å². The summed E-state index contributed by atoms with van der Waals surface area (Å²) in [5, 5.41) is 14.1. The number of rotatable bonds is 6. The van der Waals surface area contributed by atoms with Gasteiger partial charge in [0.25, 0.3) is 0 Å². The average Bonchev–Trinajstić information content (AvgIpc) is 2.38. The maximum Gasteiger partial charge on any atom is 0.0692 e. The minimum Gasteiger partial charge on any atom is -0.392 e. The molecule has 19 heavy (non-hydrogen) atoms. The highest BCUT2D eigenvalue weighted by Crippen LogP contribution is 2.53. The van der Waals surface area contributed by atoms with Gasteiger partial charge in [0.1, 0.15) is 0 Å². The SMILES string of the molecule is CCC(CC)C(O)CNC1C2CC3CC(C2)CC1C3. The van der Waals surface area contributed by atoms with Crippen molar-refractivity contribution in [3.05, 3.63) is 0 Å². The van der Waals surface area contributed by atoms with Crippen molar-refractivity contribution >= 4 is 0 Å². The molecule has 1 unspecified atom stereocenters. The van der Waals surface area contributed by atoms with Crippen LogP contribution in [0.3, 0.4) is 0 Å². The summed E-state index contributed by atoms with van der Waals surface area (Å²) in [5.41, 5.74) is 0. The van der Waals surface area contributed by atoms with Crippen LogP contribution in [-0.4, -0.2) is 23.8 Å². The van der Waals surface area contributed by atoms with Gasteiger partial charge < -0.3 is 10.4 Å². The molecule has 4 bridgehead atoms. The Morgan fingerprint density at radius 1 is 0.947 bits per heavy atom. The maximum absolute atomic E-state index is 10.3. The first kappa shape index (κ1) is 13.9. The molecule has 4 fully saturated rings. The lowest BCUT2D eigenvalue weighted by molar-refractivity contribution is -0.0199. The van der Waals surface area contributed by atoms with Crippen molar-refractivity contribution in [3.8, 4) is 0 Å². The zero-order valence-electron chi connectivity index (χ0n) is 12.6. The lowest BCUT2D eigenvalue weighted by Gasteiger charge is -2.54. The van der Waals surface area contributed by atoms with Crippen LogP contribution >= 0.6 is 0 Å². The van der Waals surface area contributed by atoms with E-state index in [4.69, 9.17) is 0 Å². The lowest BCUT2D eigenvalue weighted by atomic mass is 9.54. The smallest absolute Gasteiger partial charge is 0.0692 e. The highest BCUT2D eigenvalue weighted by molar-refractivity contribution is 5.01. The minimum absolute atomic E-state index is 0.146. The van der Waals surface area contributed by atoms with Crippen molar-refractivity contribution in [2.75, 3.05) is 6.54 Å². The highest BCUT2D eigenvalue weighted by Gasteiger charge is 2.47. The second-order valence-electron chi connectivity index (χ2n) is 7.51. The van der Waals surface area contributed by atoms with Gasteiger partial charge in [0.05, 0.1) is 6.10 Å². The third-order valence-corrected chi connectivity index (χ3v) is 6.38. The van der Waals surface area contributed by atoms with E-state index >= 15 is 0 Å².